The number of sulfonamides is 1. The maximum Gasteiger partial charge on any atom is 0.354 e. The fraction of sp³-hybridized carbons (Fsp3) is 0.286. The predicted octanol–water partition coefficient (Wildman–Crippen LogP) is 2.42. The van der Waals surface area contributed by atoms with Crippen LogP contribution in [0.15, 0.2) is 59.5 Å². The van der Waals surface area contributed by atoms with E-state index in [1.807, 2.05) is 24.3 Å². The van der Waals surface area contributed by atoms with Gasteiger partial charge in [-0.25, -0.2) is 13.2 Å². The molecule has 2 aromatic carbocycles. The number of nitrogens with zero attached hydrogens (tertiary/aromatic N) is 1. The molecule has 0 amide bonds. The van der Waals surface area contributed by atoms with Gasteiger partial charge in [0.25, 0.3) is 0 Å². The molecule has 1 saturated heterocycles. The number of carbonyl (C=O) groups excluding carboxylic acids is 1. The van der Waals surface area contributed by atoms with Gasteiger partial charge >= 0.3 is 5.97 Å². The second-order valence-corrected chi connectivity index (χ2v) is 8.68. The average molecular weight is 430 g/mol. The Bertz CT molecular complexity index is 1080. The number of rotatable bonds is 7. The van der Waals surface area contributed by atoms with Crippen molar-refractivity contribution >= 4 is 26.9 Å². The number of hydrogen-bond acceptors (Lipinski definition) is 6. The molecule has 2 heterocycles. The molecule has 1 aliphatic rings. The summed E-state index contributed by atoms with van der Waals surface area (Å²) < 4.78 is 42.6. The Kier molecular flexibility index (Phi) is 6.03. The first kappa shape index (κ1) is 20.4. The monoisotopic (exact) mass is 430 g/mol. The SMILES string of the molecule is O=C(OCCOc1ccc(S(=O)(=O)N2CCOCC2)cc1)c1cc2ccccc2[nH]1. The van der Waals surface area contributed by atoms with Crippen molar-refractivity contribution in [2.45, 2.75) is 4.90 Å². The first-order valence-corrected chi connectivity index (χ1v) is 11.0. The van der Waals surface area contributed by atoms with E-state index in [2.05, 4.69) is 4.98 Å². The predicted molar refractivity (Wildman–Crippen MR) is 110 cm³/mol. The Morgan fingerprint density at radius 2 is 1.77 bits per heavy atom. The highest BCUT2D eigenvalue weighted by Gasteiger charge is 2.26. The largest absolute Gasteiger partial charge is 0.490 e. The third-order valence-electron chi connectivity index (χ3n) is 4.77. The van der Waals surface area contributed by atoms with Gasteiger partial charge in [-0.2, -0.15) is 4.31 Å². The molecule has 0 atom stereocenters. The van der Waals surface area contributed by atoms with Crippen molar-refractivity contribution < 1.29 is 27.4 Å². The van der Waals surface area contributed by atoms with E-state index < -0.39 is 16.0 Å². The molecule has 1 N–H and O–H groups in total. The molecule has 0 unspecified atom stereocenters. The number of benzene rings is 2. The minimum atomic E-state index is -3.53. The van der Waals surface area contributed by atoms with E-state index in [0.29, 0.717) is 37.7 Å². The molecule has 1 aromatic heterocycles. The fourth-order valence-electron chi connectivity index (χ4n) is 3.20. The summed E-state index contributed by atoms with van der Waals surface area (Å²) in [4.78, 5) is 15.4. The van der Waals surface area contributed by atoms with Crippen molar-refractivity contribution in [3.63, 3.8) is 0 Å². The third kappa shape index (κ3) is 4.48. The van der Waals surface area contributed by atoms with E-state index in [-0.39, 0.29) is 18.1 Å². The molecule has 0 radical (unpaired) electrons. The number of carbonyl (C=O) groups is 1. The van der Waals surface area contributed by atoms with Gasteiger partial charge in [0, 0.05) is 24.0 Å². The summed E-state index contributed by atoms with van der Waals surface area (Å²) in [5.41, 5.74) is 1.25. The summed E-state index contributed by atoms with van der Waals surface area (Å²) >= 11 is 0. The molecular weight excluding hydrogens is 408 g/mol. The number of morpholine rings is 1. The molecular formula is C21H22N2O6S. The average Bonchev–Trinajstić information content (AvgIpc) is 3.22. The molecule has 0 saturated carbocycles. The number of fused-ring (bicyclic) bond motifs is 1. The van der Waals surface area contributed by atoms with Crippen molar-refractivity contribution in [2.24, 2.45) is 0 Å². The molecule has 0 aliphatic carbocycles. The normalized spacial score (nSPS) is 15.2. The van der Waals surface area contributed by atoms with E-state index in [1.54, 1.807) is 18.2 Å². The van der Waals surface area contributed by atoms with Crippen LogP contribution in [0.2, 0.25) is 0 Å². The molecule has 1 fully saturated rings. The lowest BCUT2D eigenvalue weighted by atomic mass is 10.2. The van der Waals surface area contributed by atoms with Crippen LogP contribution in [0.3, 0.4) is 0 Å². The molecule has 3 aromatic rings. The summed E-state index contributed by atoms with van der Waals surface area (Å²) in [6.07, 6.45) is 0. The van der Waals surface area contributed by atoms with Gasteiger partial charge in [-0.15, -0.1) is 0 Å². The maximum absolute atomic E-state index is 12.6. The minimum Gasteiger partial charge on any atom is -0.490 e. The quantitative estimate of drug-likeness (QED) is 0.457. The number of hydrogen-bond donors (Lipinski definition) is 1. The summed E-state index contributed by atoms with van der Waals surface area (Å²) in [7, 11) is -3.53. The lowest BCUT2D eigenvalue weighted by molar-refractivity contribution is 0.0444. The zero-order chi connectivity index (χ0) is 21.0. The Morgan fingerprint density at radius 1 is 1.03 bits per heavy atom. The lowest BCUT2D eigenvalue weighted by Crippen LogP contribution is -2.40. The van der Waals surface area contributed by atoms with Gasteiger partial charge in [-0.1, -0.05) is 18.2 Å². The van der Waals surface area contributed by atoms with Crippen LogP contribution in [0.4, 0.5) is 0 Å². The molecule has 158 valence electrons. The van der Waals surface area contributed by atoms with Crippen LogP contribution in [-0.4, -0.2) is 63.2 Å². The Morgan fingerprint density at radius 3 is 2.50 bits per heavy atom. The van der Waals surface area contributed by atoms with Gasteiger partial charge < -0.3 is 19.2 Å². The summed E-state index contributed by atoms with van der Waals surface area (Å²) in [6.45, 7) is 1.73. The number of ether oxygens (including phenoxy) is 3. The zero-order valence-electron chi connectivity index (χ0n) is 16.2. The van der Waals surface area contributed by atoms with E-state index in [1.165, 1.54) is 16.4 Å². The highest BCUT2D eigenvalue weighted by molar-refractivity contribution is 7.89. The van der Waals surface area contributed by atoms with Crippen LogP contribution in [0.1, 0.15) is 10.5 Å². The summed E-state index contributed by atoms with van der Waals surface area (Å²) in [5, 5.41) is 0.938. The highest BCUT2D eigenvalue weighted by atomic mass is 32.2. The Labute approximate surface area is 174 Å². The number of nitrogens with one attached hydrogen (secondary N) is 1. The third-order valence-corrected chi connectivity index (χ3v) is 6.68. The molecule has 0 spiro atoms. The topological polar surface area (TPSA) is 97.9 Å². The Hall–Kier alpha value is -2.88. The van der Waals surface area contributed by atoms with Crippen LogP contribution in [0.25, 0.3) is 10.9 Å². The van der Waals surface area contributed by atoms with Gasteiger partial charge in [-0.3, -0.25) is 0 Å². The second-order valence-electron chi connectivity index (χ2n) is 6.74. The lowest BCUT2D eigenvalue weighted by Gasteiger charge is -2.26. The molecule has 9 heteroatoms. The van der Waals surface area contributed by atoms with Crippen molar-refractivity contribution in [1.29, 1.82) is 0 Å². The van der Waals surface area contributed by atoms with Crippen molar-refractivity contribution in [3.8, 4) is 5.75 Å². The zero-order valence-corrected chi connectivity index (χ0v) is 17.1. The van der Waals surface area contributed by atoms with Gasteiger partial charge in [0.2, 0.25) is 10.0 Å². The molecule has 8 nitrogen and oxygen atoms in total. The summed E-state index contributed by atoms with van der Waals surface area (Å²) in [6, 6.07) is 15.5. The number of H-pyrrole nitrogens is 1. The maximum atomic E-state index is 12.6. The number of aromatic nitrogens is 1. The highest BCUT2D eigenvalue weighted by Crippen LogP contribution is 2.20. The number of aromatic amines is 1. The van der Waals surface area contributed by atoms with Crippen molar-refractivity contribution in [1.82, 2.24) is 9.29 Å². The van der Waals surface area contributed by atoms with Gasteiger partial charge in [0.1, 0.15) is 24.7 Å². The molecule has 1 aliphatic heterocycles. The first-order valence-electron chi connectivity index (χ1n) is 9.60. The van der Waals surface area contributed by atoms with Crippen molar-refractivity contribution in [2.75, 3.05) is 39.5 Å². The van der Waals surface area contributed by atoms with Crippen LogP contribution >= 0.6 is 0 Å². The number of para-hydroxylation sites is 1. The van der Waals surface area contributed by atoms with E-state index in [4.69, 9.17) is 14.2 Å². The second kappa shape index (κ2) is 8.86. The van der Waals surface area contributed by atoms with Gasteiger partial charge in [-0.05, 0) is 36.4 Å². The standard InChI is InChI=1S/C21H22N2O6S/c24-21(20-15-16-3-1-2-4-19(16)22-20)29-14-13-28-17-5-7-18(8-6-17)30(25,26)23-9-11-27-12-10-23/h1-8,15,22H,9-14H2. The number of esters is 1. The van der Waals surface area contributed by atoms with Crippen LogP contribution in [0.5, 0.6) is 5.75 Å². The summed E-state index contributed by atoms with van der Waals surface area (Å²) in [5.74, 6) is 0.0411. The van der Waals surface area contributed by atoms with E-state index >= 15 is 0 Å². The van der Waals surface area contributed by atoms with Gasteiger partial charge in [0.15, 0.2) is 0 Å². The molecule has 0 bridgehead atoms. The smallest absolute Gasteiger partial charge is 0.354 e. The van der Waals surface area contributed by atoms with Gasteiger partial charge in [0.05, 0.1) is 18.1 Å². The van der Waals surface area contributed by atoms with E-state index in [9.17, 15) is 13.2 Å². The van der Waals surface area contributed by atoms with Crippen LogP contribution < -0.4 is 4.74 Å². The minimum absolute atomic E-state index is 0.0715. The Balaban J connectivity index is 1.27. The first-order chi connectivity index (χ1) is 14.5. The van der Waals surface area contributed by atoms with Crippen molar-refractivity contribution in [3.05, 3.63) is 60.3 Å². The van der Waals surface area contributed by atoms with Crippen LogP contribution in [-0.2, 0) is 19.5 Å². The molecule has 30 heavy (non-hydrogen) atoms. The van der Waals surface area contributed by atoms with E-state index in [0.717, 1.165) is 10.9 Å². The molecule has 4 rings (SSSR count). The fourth-order valence-corrected chi connectivity index (χ4v) is 4.61. The van der Waals surface area contributed by atoms with Crippen LogP contribution in [0, 0.1) is 0 Å².